The molecule has 2 aliphatic heterocycles. The Morgan fingerprint density at radius 3 is 2.63 bits per heavy atom. The van der Waals surface area contributed by atoms with Gasteiger partial charge in [0.1, 0.15) is 0 Å². The lowest BCUT2D eigenvalue weighted by Crippen LogP contribution is -2.58. The summed E-state index contributed by atoms with van der Waals surface area (Å²) in [6.07, 6.45) is 3.36. The maximum absolute atomic E-state index is 13.1. The molecular weight excluding hydrogens is 242 g/mol. The molecule has 2 heterocycles. The van der Waals surface area contributed by atoms with Gasteiger partial charge in [-0.25, -0.2) is 0 Å². The quantitative estimate of drug-likeness (QED) is 0.720. The van der Waals surface area contributed by atoms with Gasteiger partial charge in [-0.05, 0) is 25.2 Å². The summed E-state index contributed by atoms with van der Waals surface area (Å²) in [5, 5.41) is 0. The average Bonchev–Trinajstić information content (AvgIpc) is 2.91. The van der Waals surface area contributed by atoms with Gasteiger partial charge in [0.25, 0.3) is 5.91 Å². The van der Waals surface area contributed by atoms with Crippen molar-refractivity contribution in [2.75, 3.05) is 32.9 Å². The number of nitrogens with zero attached hydrogens (tertiary/aromatic N) is 1. The second kappa shape index (κ2) is 3.53. The smallest absolute Gasteiger partial charge is 0.255 e. The molecule has 2 aliphatic carbocycles. The van der Waals surface area contributed by atoms with E-state index < -0.39 is 5.60 Å². The largest absolute Gasteiger partial charge is 0.378 e. The number of hydrogen-bond acceptors (Lipinski definition) is 3. The molecular formula is C15H23NO3. The molecule has 4 heteroatoms. The first-order chi connectivity index (χ1) is 9.04. The summed E-state index contributed by atoms with van der Waals surface area (Å²) < 4.78 is 11.5. The molecule has 19 heavy (non-hydrogen) atoms. The number of morpholine rings is 1. The van der Waals surface area contributed by atoms with Crippen molar-refractivity contribution in [3.8, 4) is 0 Å². The summed E-state index contributed by atoms with van der Waals surface area (Å²) in [5.41, 5.74) is -0.267. The van der Waals surface area contributed by atoms with Crippen molar-refractivity contribution in [3.05, 3.63) is 0 Å². The summed E-state index contributed by atoms with van der Waals surface area (Å²) in [4.78, 5) is 15.0. The molecule has 1 amide bonds. The fourth-order valence-corrected chi connectivity index (χ4v) is 5.26. The Balaban J connectivity index is 1.69. The molecule has 4 aliphatic rings. The predicted octanol–water partition coefficient (Wildman–Crippen LogP) is 1.44. The molecule has 0 spiro atoms. The summed E-state index contributed by atoms with van der Waals surface area (Å²) in [6.45, 7) is 8.18. The molecule has 4 nitrogen and oxygen atoms in total. The summed E-state index contributed by atoms with van der Waals surface area (Å²) in [7, 11) is 0. The van der Waals surface area contributed by atoms with E-state index in [1.54, 1.807) is 0 Å². The lowest BCUT2D eigenvalue weighted by molar-refractivity contribution is -0.170. The van der Waals surface area contributed by atoms with Crippen LogP contribution >= 0.6 is 0 Å². The minimum atomic E-state index is -0.526. The lowest BCUT2D eigenvalue weighted by atomic mass is 9.66. The van der Waals surface area contributed by atoms with Crippen LogP contribution < -0.4 is 0 Å². The van der Waals surface area contributed by atoms with Crippen molar-refractivity contribution in [1.29, 1.82) is 0 Å². The van der Waals surface area contributed by atoms with Crippen molar-refractivity contribution >= 4 is 5.91 Å². The Bertz CT molecular complexity index is 433. The van der Waals surface area contributed by atoms with Crippen LogP contribution in [-0.4, -0.2) is 49.3 Å². The summed E-state index contributed by atoms with van der Waals surface area (Å²) in [5.74, 6) is 0.917. The van der Waals surface area contributed by atoms with Gasteiger partial charge in [0.2, 0.25) is 0 Å². The number of ether oxygens (including phenoxy) is 2. The van der Waals surface area contributed by atoms with Crippen LogP contribution in [0.4, 0.5) is 0 Å². The highest BCUT2D eigenvalue weighted by atomic mass is 16.5. The van der Waals surface area contributed by atoms with Gasteiger partial charge in [0.05, 0.1) is 19.8 Å². The first-order valence-electron chi connectivity index (χ1n) is 7.55. The van der Waals surface area contributed by atoms with Crippen molar-refractivity contribution in [2.24, 2.45) is 16.7 Å². The number of carbonyl (C=O) groups excluding carboxylic acids is 1. The maximum atomic E-state index is 13.1. The number of amides is 1. The van der Waals surface area contributed by atoms with E-state index in [-0.39, 0.29) is 16.7 Å². The molecule has 4 fully saturated rings. The standard InChI is InChI=1S/C15H23NO3/c1-13-10-19-15(9-11(13)3-4-14(13,15)2)12(17)16-5-7-18-8-6-16/h11H,3-10H2,1-2H3. The maximum Gasteiger partial charge on any atom is 0.255 e. The van der Waals surface area contributed by atoms with E-state index >= 15 is 0 Å². The minimum absolute atomic E-state index is 0.0417. The Hall–Kier alpha value is -0.610. The van der Waals surface area contributed by atoms with Crippen molar-refractivity contribution in [1.82, 2.24) is 4.90 Å². The molecule has 0 aromatic rings. The van der Waals surface area contributed by atoms with E-state index in [1.165, 1.54) is 6.42 Å². The van der Waals surface area contributed by atoms with Gasteiger partial charge < -0.3 is 14.4 Å². The van der Waals surface area contributed by atoms with E-state index in [1.807, 2.05) is 4.90 Å². The molecule has 4 bridgehead atoms. The SMILES string of the molecule is CC12COC3(C(=O)N4CCOCC4)CC1CCC32C. The van der Waals surface area contributed by atoms with Gasteiger partial charge in [0, 0.05) is 23.9 Å². The predicted molar refractivity (Wildman–Crippen MR) is 69.6 cm³/mol. The third kappa shape index (κ3) is 1.17. The second-order valence-corrected chi connectivity index (χ2v) is 7.21. The molecule has 0 aromatic carbocycles. The molecule has 4 unspecified atom stereocenters. The van der Waals surface area contributed by atoms with Gasteiger partial charge in [-0.3, -0.25) is 4.79 Å². The van der Waals surface area contributed by atoms with Crippen molar-refractivity contribution in [3.63, 3.8) is 0 Å². The first kappa shape index (κ1) is 12.2. The van der Waals surface area contributed by atoms with E-state index in [0.29, 0.717) is 19.1 Å². The lowest BCUT2D eigenvalue weighted by Gasteiger charge is -2.43. The Morgan fingerprint density at radius 1 is 1.26 bits per heavy atom. The highest BCUT2D eigenvalue weighted by Gasteiger charge is 2.78. The third-order valence-electron chi connectivity index (χ3n) is 6.84. The van der Waals surface area contributed by atoms with Crippen LogP contribution in [0.15, 0.2) is 0 Å². The zero-order valence-corrected chi connectivity index (χ0v) is 11.9. The van der Waals surface area contributed by atoms with Crippen LogP contribution in [-0.2, 0) is 14.3 Å². The highest BCUT2D eigenvalue weighted by Crippen LogP contribution is 2.75. The fourth-order valence-electron chi connectivity index (χ4n) is 5.26. The van der Waals surface area contributed by atoms with Gasteiger partial charge in [-0.15, -0.1) is 0 Å². The molecule has 0 radical (unpaired) electrons. The second-order valence-electron chi connectivity index (χ2n) is 7.21. The molecule has 2 saturated carbocycles. The van der Waals surface area contributed by atoms with E-state index in [4.69, 9.17) is 9.47 Å². The first-order valence-corrected chi connectivity index (χ1v) is 7.55. The minimum Gasteiger partial charge on any atom is -0.378 e. The van der Waals surface area contributed by atoms with Crippen LogP contribution in [0.5, 0.6) is 0 Å². The summed E-state index contributed by atoms with van der Waals surface area (Å²) >= 11 is 0. The molecule has 4 atom stereocenters. The topological polar surface area (TPSA) is 38.8 Å². The van der Waals surface area contributed by atoms with E-state index in [0.717, 1.165) is 32.5 Å². The van der Waals surface area contributed by atoms with Crippen LogP contribution in [0, 0.1) is 16.7 Å². The zero-order chi connectivity index (χ0) is 13.3. The van der Waals surface area contributed by atoms with E-state index in [9.17, 15) is 4.79 Å². The van der Waals surface area contributed by atoms with Crippen LogP contribution in [0.1, 0.15) is 33.1 Å². The average molecular weight is 265 g/mol. The fraction of sp³-hybridized carbons (Fsp3) is 0.933. The number of carbonyl (C=O) groups is 1. The molecule has 4 rings (SSSR count). The van der Waals surface area contributed by atoms with Gasteiger partial charge in [-0.1, -0.05) is 13.8 Å². The normalized spacial score (nSPS) is 51.9. The van der Waals surface area contributed by atoms with Crippen molar-refractivity contribution in [2.45, 2.75) is 38.7 Å². The Morgan fingerprint density at radius 2 is 2.00 bits per heavy atom. The number of hydrogen-bond donors (Lipinski definition) is 0. The molecule has 2 saturated heterocycles. The van der Waals surface area contributed by atoms with Crippen LogP contribution in [0.2, 0.25) is 0 Å². The monoisotopic (exact) mass is 265 g/mol. The zero-order valence-electron chi connectivity index (χ0n) is 11.9. The highest BCUT2D eigenvalue weighted by molar-refractivity contribution is 5.88. The molecule has 0 N–H and O–H groups in total. The number of rotatable bonds is 1. The molecule has 106 valence electrons. The van der Waals surface area contributed by atoms with E-state index in [2.05, 4.69) is 13.8 Å². The third-order valence-corrected chi connectivity index (χ3v) is 6.84. The van der Waals surface area contributed by atoms with Gasteiger partial charge in [0.15, 0.2) is 5.60 Å². The van der Waals surface area contributed by atoms with Crippen LogP contribution in [0.25, 0.3) is 0 Å². The Labute approximate surface area is 114 Å². The van der Waals surface area contributed by atoms with Crippen LogP contribution in [0.3, 0.4) is 0 Å². The van der Waals surface area contributed by atoms with Gasteiger partial charge >= 0.3 is 0 Å². The summed E-state index contributed by atoms with van der Waals surface area (Å²) in [6, 6.07) is 0. The van der Waals surface area contributed by atoms with Gasteiger partial charge in [-0.2, -0.15) is 0 Å². The van der Waals surface area contributed by atoms with Crippen molar-refractivity contribution < 1.29 is 14.3 Å². The molecule has 0 aromatic heterocycles. The Kier molecular flexibility index (Phi) is 2.26.